The predicted octanol–water partition coefficient (Wildman–Crippen LogP) is 2.87. The Morgan fingerprint density at radius 2 is 1.81 bits per heavy atom. The number of nitrogen functional groups attached to an aromatic ring is 1. The Labute approximate surface area is 97.0 Å². The average Bonchev–Trinajstić information content (AvgIpc) is 2.17. The molecule has 0 atom stereocenters. The lowest BCUT2D eigenvalue weighted by atomic mass is 9.95. The zero-order valence-corrected chi connectivity index (χ0v) is 10.6. The molecule has 0 spiro atoms. The van der Waals surface area contributed by atoms with Gasteiger partial charge in [-0.25, -0.2) is 0 Å². The number of benzene rings is 1. The van der Waals surface area contributed by atoms with E-state index in [1.165, 1.54) is 0 Å². The molecule has 0 heterocycles. The summed E-state index contributed by atoms with van der Waals surface area (Å²) >= 11 is 0. The summed E-state index contributed by atoms with van der Waals surface area (Å²) < 4.78 is 0. The summed E-state index contributed by atoms with van der Waals surface area (Å²) in [5.41, 5.74) is 8.92. The van der Waals surface area contributed by atoms with Gasteiger partial charge in [-0.1, -0.05) is 26.8 Å². The summed E-state index contributed by atoms with van der Waals surface area (Å²) in [5, 5.41) is 2.94. The van der Waals surface area contributed by atoms with Gasteiger partial charge in [0.1, 0.15) is 0 Å². The fraction of sp³-hybridized carbons (Fsp3) is 0.462. The number of carbonyl (C=O) groups is 1. The lowest BCUT2D eigenvalue weighted by molar-refractivity contribution is -0.123. The van der Waals surface area contributed by atoms with E-state index < -0.39 is 5.41 Å². The summed E-state index contributed by atoms with van der Waals surface area (Å²) in [7, 11) is 0. The van der Waals surface area contributed by atoms with Gasteiger partial charge in [-0.05, 0) is 31.0 Å². The van der Waals surface area contributed by atoms with Crippen LogP contribution in [0.5, 0.6) is 0 Å². The molecule has 1 aromatic rings. The monoisotopic (exact) mass is 220 g/mol. The third kappa shape index (κ3) is 2.54. The minimum atomic E-state index is -0.399. The number of hydrogen-bond donors (Lipinski definition) is 2. The molecule has 0 aromatic heterocycles. The number of carbonyl (C=O) groups excluding carboxylic acids is 1. The Morgan fingerprint density at radius 1 is 1.25 bits per heavy atom. The second kappa shape index (κ2) is 4.16. The molecule has 0 aliphatic heterocycles. The highest BCUT2D eigenvalue weighted by molar-refractivity contribution is 5.96. The zero-order valence-electron chi connectivity index (χ0n) is 10.6. The minimum absolute atomic E-state index is 0.00398. The molecule has 3 nitrogen and oxygen atoms in total. The summed E-state index contributed by atoms with van der Waals surface area (Å²) in [6.07, 6.45) is 0. The van der Waals surface area contributed by atoms with E-state index in [1.54, 1.807) is 0 Å². The van der Waals surface area contributed by atoms with Crippen LogP contribution in [0.4, 0.5) is 11.4 Å². The van der Waals surface area contributed by atoms with Crippen molar-refractivity contribution in [1.29, 1.82) is 0 Å². The van der Waals surface area contributed by atoms with Crippen LogP contribution in [0.2, 0.25) is 0 Å². The van der Waals surface area contributed by atoms with Gasteiger partial charge in [0.25, 0.3) is 0 Å². The van der Waals surface area contributed by atoms with Crippen LogP contribution in [-0.2, 0) is 4.79 Å². The van der Waals surface area contributed by atoms with E-state index in [1.807, 2.05) is 46.8 Å². The van der Waals surface area contributed by atoms with Crippen molar-refractivity contribution in [3.8, 4) is 0 Å². The van der Waals surface area contributed by atoms with Crippen molar-refractivity contribution in [2.75, 3.05) is 11.1 Å². The first-order chi connectivity index (χ1) is 7.23. The molecule has 0 saturated heterocycles. The number of rotatable bonds is 1. The van der Waals surface area contributed by atoms with Gasteiger partial charge in [-0.2, -0.15) is 0 Å². The number of aryl methyl sites for hydroxylation is 1. The van der Waals surface area contributed by atoms with Gasteiger partial charge in [0.05, 0.1) is 0 Å². The fourth-order valence-corrected chi connectivity index (χ4v) is 1.36. The van der Waals surface area contributed by atoms with Crippen molar-refractivity contribution in [2.45, 2.75) is 34.6 Å². The molecule has 3 N–H and O–H groups in total. The van der Waals surface area contributed by atoms with Crippen molar-refractivity contribution in [3.63, 3.8) is 0 Å². The molecule has 0 radical (unpaired) electrons. The molecule has 1 amide bonds. The summed E-state index contributed by atoms with van der Waals surface area (Å²) in [6.45, 7) is 9.54. The summed E-state index contributed by atoms with van der Waals surface area (Å²) in [5.74, 6) is 0.00398. The van der Waals surface area contributed by atoms with Crippen molar-refractivity contribution in [3.05, 3.63) is 23.3 Å². The summed E-state index contributed by atoms with van der Waals surface area (Å²) in [4.78, 5) is 11.9. The normalized spacial score (nSPS) is 11.3. The first-order valence-corrected chi connectivity index (χ1v) is 5.40. The van der Waals surface area contributed by atoms with Crippen molar-refractivity contribution < 1.29 is 4.79 Å². The second-order valence-corrected chi connectivity index (χ2v) is 5.18. The van der Waals surface area contributed by atoms with Crippen LogP contribution in [0.25, 0.3) is 0 Å². The van der Waals surface area contributed by atoms with E-state index >= 15 is 0 Å². The third-order valence-electron chi connectivity index (χ3n) is 2.63. The number of hydrogen-bond acceptors (Lipinski definition) is 2. The highest BCUT2D eigenvalue weighted by Gasteiger charge is 2.22. The van der Waals surface area contributed by atoms with Crippen LogP contribution in [0, 0.1) is 19.3 Å². The zero-order chi connectivity index (χ0) is 12.5. The maximum absolute atomic E-state index is 11.9. The lowest BCUT2D eigenvalue weighted by Crippen LogP contribution is -2.28. The number of amides is 1. The third-order valence-corrected chi connectivity index (χ3v) is 2.63. The predicted molar refractivity (Wildman–Crippen MR) is 68.4 cm³/mol. The van der Waals surface area contributed by atoms with Crippen molar-refractivity contribution in [1.82, 2.24) is 0 Å². The molecular formula is C13H20N2O. The Bertz CT molecular complexity index is 417. The number of nitrogens with two attached hydrogens (primary N) is 1. The van der Waals surface area contributed by atoms with E-state index in [0.717, 1.165) is 16.8 Å². The van der Waals surface area contributed by atoms with Crippen LogP contribution < -0.4 is 11.1 Å². The molecule has 1 rings (SSSR count). The maximum Gasteiger partial charge on any atom is 0.229 e. The second-order valence-electron chi connectivity index (χ2n) is 5.18. The first-order valence-electron chi connectivity index (χ1n) is 5.40. The Morgan fingerprint density at radius 3 is 2.31 bits per heavy atom. The minimum Gasteiger partial charge on any atom is -0.398 e. The van der Waals surface area contributed by atoms with Gasteiger partial charge in [-0.15, -0.1) is 0 Å². The Balaban J connectivity index is 3.07. The molecule has 1 aromatic carbocycles. The van der Waals surface area contributed by atoms with Crippen LogP contribution in [0.1, 0.15) is 31.9 Å². The van der Waals surface area contributed by atoms with E-state index in [-0.39, 0.29) is 5.91 Å². The van der Waals surface area contributed by atoms with Crippen LogP contribution >= 0.6 is 0 Å². The van der Waals surface area contributed by atoms with Crippen molar-refractivity contribution in [2.24, 2.45) is 5.41 Å². The highest BCUT2D eigenvalue weighted by atomic mass is 16.2. The topological polar surface area (TPSA) is 55.1 Å². The molecule has 88 valence electrons. The SMILES string of the molecule is Cc1ccc(N)c(C)c1NC(=O)C(C)(C)C. The van der Waals surface area contributed by atoms with Gasteiger partial charge < -0.3 is 11.1 Å². The van der Waals surface area contributed by atoms with Gasteiger partial charge in [0, 0.05) is 16.8 Å². The van der Waals surface area contributed by atoms with Gasteiger partial charge in [0.2, 0.25) is 5.91 Å². The van der Waals surface area contributed by atoms with Gasteiger partial charge >= 0.3 is 0 Å². The molecule has 3 heteroatoms. The van der Waals surface area contributed by atoms with Gasteiger partial charge in [-0.3, -0.25) is 4.79 Å². The van der Waals surface area contributed by atoms with E-state index in [0.29, 0.717) is 5.69 Å². The highest BCUT2D eigenvalue weighted by Crippen LogP contribution is 2.27. The van der Waals surface area contributed by atoms with Gasteiger partial charge in [0.15, 0.2) is 0 Å². The molecule has 0 aliphatic rings. The van der Waals surface area contributed by atoms with Crippen LogP contribution in [-0.4, -0.2) is 5.91 Å². The summed E-state index contributed by atoms with van der Waals surface area (Å²) in [6, 6.07) is 3.78. The molecule has 0 unspecified atom stereocenters. The molecule has 0 fully saturated rings. The lowest BCUT2D eigenvalue weighted by Gasteiger charge is -2.20. The number of anilines is 2. The first kappa shape index (κ1) is 12.6. The van der Waals surface area contributed by atoms with Crippen LogP contribution in [0.15, 0.2) is 12.1 Å². The van der Waals surface area contributed by atoms with E-state index in [4.69, 9.17) is 5.73 Å². The Hall–Kier alpha value is -1.51. The average molecular weight is 220 g/mol. The largest absolute Gasteiger partial charge is 0.398 e. The molecular weight excluding hydrogens is 200 g/mol. The van der Waals surface area contributed by atoms with Crippen molar-refractivity contribution >= 4 is 17.3 Å². The smallest absolute Gasteiger partial charge is 0.229 e. The molecule has 16 heavy (non-hydrogen) atoms. The molecule has 0 saturated carbocycles. The molecule has 0 aliphatic carbocycles. The van der Waals surface area contributed by atoms with Crippen LogP contribution in [0.3, 0.4) is 0 Å². The number of nitrogens with one attached hydrogen (secondary N) is 1. The fourth-order valence-electron chi connectivity index (χ4n) is 1.36. The Kier molecular flexibility index (Phi) is 3.27. The standard InChI is InChI=1S/C13H20N2O/c1-8-6-7-10(14)9(2)11(8)15-12(16)13(3,4)5/h6-7H,14H2,1-5H3,(H,15,16). The maximum atomic E-state index is 11.9. The molecule has 0 bridgehead atoms. The quantitative estimate of drug-likeness (QED) is 0.715. The van der Waals surface area contributed by atoms with E-state index in [2.05, 4.69) is 5.32 Å². The van der Waals surface area contributed by atoms with E-state index in [9.17, 15) is 4.79 Å².